The van der Waals surface area contributed by atoms with Crippen LogP contribution in [0, 0.1) is 22.7 Å². The fourth-order valence-electron chi connectivity index (χ4n) is 6.34. The molecular weight excluding hydrogens is 512 g/mol. The van der Waals surface area contributed by atoms with E-state index in [1.165, 1.54) is 32.6 Å². The smallest absolute Gasteiger partial charge is 0.0992 e. The first-order chi connectivity index (χ1) is 20.7. The van der Waals surface area contributed by atoms with Gasteiger partial charge in [0.25, 0.3) is 0 Å². The maximum absolute atomic E-state index is 9.48. The van der Waals surface area contributed by atoms with Crippen molar-refractivity contribution in [1.29, 1.82) is 10.5 Å². The van der Waals surface area contributed by atoms with E-state index in [0.29, 0.717) is 11.1 Å². The number of nitrogens with zero attached hydrogens (tertiary/aromatic N) is 4. The monoisotopic (exact) mass is 534 g/mol. The summed E-state index contributed by atoms with van der Waals surface area (Å²) >= 11 is 0. The van der Waals surface area contributed by atoms with E-state index in [0.717, 1.165) is 33.5 Å². The van der Waals surface area contributed by atoms with Crippen LogP contribution in [0.3, 0.4) is 0 Å². The molecule has 4 nitrogen and oxygen atoms in total. The van der Waals surface area contributed by atoms with Gasteiger partial charge in [0, 0.05) is 32.9 Å². The van der Waals surface area contributed by atoms with Gasteiger partial charge < -0.3 is 9.13 Å². The van der Waals surface area contributed by atoms with Gasteiger partial charge in [-0.1, -0.05) is 78.9 Å². The molecular formula is C38H22N4. The SMILES string of the molecule is N#Cc1cc(C#N)cc(-c2ccc(-n3c4ccccc4c4ccc5c6ccccc6n(-c6ccccc6)c5c43)cc2)c1. The topological polar surface area (TPSA) is 57.4 Å². The number of fused-ring (bicyclic) bond motifs is 7. The lowest BCUT2D eigenvalue weighted by Crippen LogP contribution is -1.98. The van der Waals surface area contributed by atoms with Crippen LogP contribution in [0.4, 0.5) is 0 Å². The molecule has 2 heterocycles. The van der Waals surface area contributed by atoms with Crippen LogP contribution in [0.5, 0.6) is 0 Å². The van der Waals surface area contributed by atoms with Crippen molar-refractivity contribution in [2.45, 2.75) is 0 Å². The Morgan fingerprint density at radius 3 is 1.40 bits per heavy atom. The minimum absolute atomic E-state index is 0.478. The third-order valence-electron chi connectivity index (χ3n) is 8.13. The predicted molar refractivity (Wildman–Crippen MR) is 170 cm³/mol. The quantitative estimate of drug-likeness (QED) is 0.227. The first-order valence-electron chi connectivity index (χ1n) is 13.8. The largest absolute Gasteiger partial charge is 0.307 e. The van der Waals surface area contributed by atoms with Crippen LogP contribution in [-0.4, -0.2) is 9.13 Å². The van der Waals surface area contributed by atoms with E-state index in [1.807, 2.05) is 12.1 Å². The number of rotatable bonds is 3. The molecule has 0 aliphatic rings. The summed E-state index contributed by atoms with van der Waals surface area (Å²) in [5, 5.41) is 23.8. The Bertz CT molecular complexity index is 2380. The Balaban J connectivity index is 1.46. The molecule has 0 saturated heterocycles. The summed E-state index contributed by atoms with van der Waals surface area (Å²) in [7, 11) is 0. The molecule has 2 aromatic heterocycles. The molecule has 0 fully saturated rings. The van der Waals surface area contributed by atoms with Crippen LogP contribution in [0.15, 0.2) is 133 Å². The minimum Gasteiger partial charge on any atom is -0.307 e. The second kappa shape index (κ2) is 9.24. The van der Waals surface area contributed by atoms with Gasteiger partial charge in [-0.05, 0) is 65.7 Å². The molecule has 4 heteroatoms. The van der Waals surface area contributed by atoms with E-state index in [4.69, 9.17) is 0 Å². The number of nitriles is 2. The highest BCUT2D eigenvalue weighted by atomic mass is 15.0. The Morgan fingerprint density at radius 2 is 0.881 bits per heavy atom. The Labute approximate surface area is 242 Å². The van der Waals surface area contributed by atoms with E-state index in [1.54, 1.807) is 6.07 Å². The highest BCUT2D eigenvalue weighted by Crippen LogP contribution is 2.41. The molecule has 0 bridgehead atoms. The molecule has 0 aliphatic heterocycles. The molecule has 0 aliphatic carbocycles. The third-order valence-corrected chi connectivity index (χ3v) is 8.13. The average Bonchev–Trinajstić information content (AvgIpc) is 3.58. The summed E-state index contributed by atoms with van der Waals surface area (Å²) < 4.78 is 4.75. The second-order valence-corrected chi connectivity index (χ2v) is 10.5. The van der Waals surface area contributed by atoms with E-state index in [-0.39, 0.29) is 0 Å². The number of benzene rings is 6. The van der Waals surface area contributed by atoms with Crippen LogP contribution >= 0.6 is 0 Å². The van der Waals surface area contributed by atoms with Gasteiger partial charge in [-0.3, -0.25) is 0 Å². The van der Waals surface area contributed by atoms with Gasteiger partial charge in [-0.2, -0.15) is 10.5 Å². The van der Waals surface area contributed by atoms with Crippen LogP contribution in [0.1, 0.15) is 11.1 Å². The fourth-order valence-corrected chi connectivity index (χ4v) is 6.34. The first kappa shape index (κ1) is 23.8. The maximum atomic E-state index is 9.48. The van der Waals surface area contributed by atoms with Crippen molar-refractivity contribution in [1.82, 2.24) is 9.13 Å². The highest BCUT2D eigenvalue weighted by Gasteiger charge is 2.20. The fraction of sp³-hybridized carbons (Fsp3) is 0. The molecule has 0 unspecified atom stereocenters. The van der Waals surface area contributed by atoms with Crippen LogP contribution in [-0.2, 0) is 0 Å². The van der Waals surface area contributed by atoms with Crippen molar-refractivity contribution in [3.8, 4) is 34.6 Å². The molecule has 6 aromatic carbocycles. The number of hydrogen-bond acceptors (Lipinski definition) is 2. The summed E-state index contributed by atoms with van der Waals surface area (Å²) in [4.78, 5) is 0. The van der Waals surface area contributed by atoms with Crippen molar-refractivity contribution in [3.63, 3.8) is 0 Å². The summed E-state index contributed by atoms with van der Waals surface area (Å²) in [5.41, 5.74) is 9.55. The van der Waals surface area contributed by atoms with E-state index >= 15 is 0 Å². The minimum atomic E-state index is 0.478. The van der Waals surface area contributed by atoms with Gasteiger partial charge in [0.2, 0.25) is 0 Å². The second-order valence-electron chi connectivity index (χ2n) is 10.5. The molecule has 0 saturated carbocycles. The molecule has 0 N–H and O–H groups in total. The molecule has 0 atom stereocenters. The standard InChI is InChI=1S/C38H22N4/c39-23-25-20-26(24-40)22-28(21-25)27-14-16-30(17-15-27)42-36-13-7-5-11-32(36)34-19-18-33-31-10-4-6-12-35(31)41(37(33)38(34)42)29-8-2-1-3-9-29/h1-22H. The van der Waals surface area contributed by atoms with Crippen LogP contribution < -0.4 is 0 Å². The van der Waals surface area contributed by atoms with Gasteiger partial charge in [0.05, 0.1) is 45.3 Å². The lowest BCUT2D eigenvalue weighted by Gasteiger charge is -2.13. The van der Waals surface area contributed by atoms with Crippen LogP contribution in [0.25, 0.3) is 66.1 Å². The molecule has 0 amide bonds. The third kappa shape index (κ3) is 3.47. The van der Waals surface area contributed by atoms with Crippen molar-refractivity contribution in [2.75, 3.05) is 0 Å². The molecule has 0 radical (unpaired) electrons. The Morgan fingerprint density at radius 1 is 0.405 bits per heavy atom. The van der Waals surface area contributed by atoms with Gasteiger partial charge in [0.15, 0.2) is 0 Å². The highest BCUT2D eigenvalue weighted by molar-refractivity contribution is 6.23. The number of para-hydroxylation sites is 3. The zero-order valence-electron chi connectivity index (χ0n) is 22.5. The lowest BCUT2D eigenvalue weighted by atomic mass is 10.0. The molecule has 0 spiro atoms. The van der Waals surface area contributed by atoms with E-state index in [2.05, 4.69) is 137 Å². The van der Waals surface area contributed by atoms with Crippen molar-refractivity contribution in [2.24, 2.45) is 0 Å². The van der Waals surface area contributed by atoms with Crippen molar-refractivity contribution >= 4 is 43.6 Å². The normalized spacial score (nSPS) is 11.3. The zero-order valence-corrected chi connectivity index (χ0v) is 22.5. The van der Waals surface area contributed by atoms with E-state index in [9.17, 15) is 10.5 Å². The molecule has 194 valence electrons. The van der Waals surface area contributed by atoms with Gasteiger partial charge in [-0.15, -0.1) is 0 Å². The number of hydrogen-bond donors (Lipinski definition) is 0. The molecule has 8 rings (SSSR count). The maximum Gasteiger partial charge on any atom is 0.0992 e. The van der Waals surface area contributed by atoms with Gasteiger partial charge in [-0.25, -0.2) is 0 Å². The van der Waals surface area contributed by atoms with Crippen molar-refractivity contribution in [3.05, 3.63) is 145 Å². The molecule has 8 aromatic rings. The van der Waals surface area contributed by atoms with Crippen LogP contribution in [0.2, 0.25) is 0 Å². The number of aromatic nitrogens is 2. The average molecular weight is 535 g/mol. The Kier molecular flexibility index (Phi) is 5.22. The summed E-state index contributed by atoms with van der Waals surface area (Å²) in [5.74, 6) is 0. The summed E-state index contributed by atoms with van der Waals surface area (Å²) in [6.07, 6.45) is 0. The zero-order chi connectivity index (χ0) is 28.2. The summed E-state index contributed by atoms with van der Waals surface area (Å²) in [6.45, 7) is 0. The van der Waals surface area contributed by atoms with Gasteiger partial charge >= 0.3 is 0 Å². The Hall–Kier alpha value is -6.10. The first-order valence-corrected chi connectivity index (χ1v) is 13.8. The van der Waals surface area contributed by atoms with E-state index < -0.39 is 0 Å². The summed E-state index contributed by atoms with van der Waals surface area (Å²) in [6, 6.07) is 50.3. The molecule has 42 heavy (non-hydrogen) atoms. The predicted octanol–water partition coefficient (Wildman–Crippen LogP) is 9.29. The van der Waals surface area contributed by atoms with Gasteiger partial charge in [0.1, 0.15) is 0 Å². The lowest BCUT2D eigenvalue weighted by molar-refractivity contribution is 1.15. The van der Waals surface area contributed by atoms with Crippen molar-refractivity contribution < 1.29 is 0 Å².